The van der Waals surface area contributed by atoms with Crippen molar-refractivity contribution in [3.05, 3.63) is 0 Å². The lowest BCUT2D eigenvalue weighted by molar-refractivity contribution is -0.144. The average Bonchev–Trinajstić information content (AvgIpc) is 1.67. The molecular formula is C77H128N26O31. The fraction of sp³-hybridized carbons (Fsp3) is 0.662. The highest BCUT2D eigenvalue weighted by Gasteiger charge is 2.43. The summed E-state index contributed by atoms with van der Waals surface area (Å²) in [5.74, 6) is -32.1. The van der Waals surface area contributed by atoms with Crippen molar-refractivity contribution in [3.8, 4) is 0 Å². The lowest BCUT2D eigenvalue weighted by Crippen LogP contribution is -2.61. The zero-order valence-corrected chi connectivity index (χ0v) is 75.0. The van der Waals surface area contributed by atoms with Gasteiger partial charge in [-0.05, 0) is 116 Å². The van der Waals surface area contributed by atoms with Crippen molar-refractivity contribution in [2.24, 2.45) is 52.0 Å². The molecule has 752 valence electrons. The van der Waals surface area contributed by atoms with Crippen molar-refractivity contribution < 1.29 is 151 Å². The van der Waals surface area contributed by atoms with E-state index < -0.39 is 341 Å². The van der Waals surface area contributed by atoms with E-state index in [2.05, 4.69) is 79.8 Å². The molecule has 57 heteroatoms. The number of amides is 21. The van der Waals surface area contributed by atoms with E-state index in [4.69, 9.17) is 45.5 Å². The second kappa shape index (κ2) is 60.0. The van der Waals surface area contributed by atoms with Crippen LogP contribution in [0.3, 0.4) is 0 Å². The summed E-state index contributed by atoms with van der Waals surface area (Å²) in [6.07, 6.45) is -10.4. The van der Waals surface area contributed by atoms with Gasteiger partial charge in [0, 0.05) is 32.4 Å². The first-order chi connectivity index (χ1) is 62.5. The standard InChI is InChI=1S/C77H128N26O31/c1-33(2)24-38(79)63(120)96-46(27-54(83)109)69(126)97-44(25-34(3)4)68(125)94-41(15-18-51(80)106)67(124)93-40(12-8-9-21-78)66(123)98-47(28-58(114)115)70(127)95-42(17-20-57(112)113)75(132)103-23-11-14-50(103)73(130)100-45(26-53(82)108)64(121)88-31-55(110)91-39(13-10-22-86-77(84)85)65(122)89-36(6)62(119)101-49(32-104)72(129)99-48(29-59(116)117)71(128)102-60(37(7)105)74(131)90-35(5)61(118)87-30-56(111)92-43(76(133)134)16-19-52(81)107/h33-50,60,104-105H,8-32,78-79H2,1-7H3,(H2,80,106)(H2,81,107)(H2,82,108)(H2,83,109)(H,87,118)(H,88,121)(H,89,122)(H,90,131)(H,91,110)(H,92,111)(H,93,124)(H,94,125)(H,95,127)(H,96,120)(H,97,126)(H,98,123)(H,99,129)(H,100,130)(H,101,119)(H,102,128)(H,112,113)(H,114,115)(H,116,117)(H,133,134)(H4,84,85,86)/t35-,36-,37+,38-,39-,40-,41-,42-,43-,44-,45-,46-,47-,48-,49-,50-,60-/m0/s1. The number of carbonyl (C=O) groups is 25. The van der Waals surface area contributed by atoms with Gasteiger partial charge in [0.2, 0.25) is 124 Å². The fourth-order valence-electron chi connectivity index (χ4n) is 12.8. The van der Waals surface area contributed by atoms with Crippen LogP contribution in [-0.2, 0) is 120 Å². The molecule has 38 N–H and O–H groups in total. The number of nitrogens with one attached hydrogen (secondary N) is 18. The number of likely N-dealkylation sites (tertiary alicyclic amines) is 1. The molecule has 1 saturated heterocycles. The number of primary amides is 4. The number of carbonyl (C=O) groups excluding carboxylic acids is 21. The zero-order valence-electron chi connectivity index (χ0n) is 75.0. The van der Waals surface area contributed by atoms with Crippen molar-refractivity contribution in [3.63, 3.8) is 0 Å². The number of hydrogen-bond donors (Lipinski definition) is 31. The maximum Gasteiger partial charge on any atom is 0.326 e. The molecule has 57 nitrogen and oxygen atoms in total. The van der Waals surface area contributed by atoms with Crippen LogP contribution in [0.25, 0.3) is 0 Å². The Morgan fingerprint density at radius 1 is 0.381 bits per heavy atom. The molecule has 21 amide bonds. The Hall–Kier alpha value is -14.1. The number of rotatable bonds is 65. The molecule has 1 fully saturated rings. The van der Waals surface area contributed by atoms with Gasteiger partial charge >= 0.3 is 23.9 Å². The Morgan fingerprint density at radius 3 is 1.25 bits per heavy atom. The second-order valence-corrected chi connectivity index (χ2v) is 32.2. The van der Waals surface area contributed by atoms with Crippen LogP contribution in [0.1, 0.15) is 170 Å². The van der Waals surface area contributed by atoms with Gasteiger partial charge in [-0.3, -0.25) is 120 Å². The number of nitrogens with two attached hydrogens (primary N) is 7. The van der Waals surface area contributed by atoms with E-state index in [1.54, 1.807) is 27.7 Å². The molecular weight excluding hydrogens is 1780 g/mol. The third kappa shape index (κ3) is 46.1. The van der Waals surface area contributed by atoms with Crippen molar-refractivity contribution in [1.29, 1.82) is 5.41 Å². The number of aliphatic hydroxyl groups excluding tert-OH is 2. The number of hydrogen-bond acceptors (Lipinski definition) is 30. The lowest BCUT2D eigenvalue weighted by Gasteiger charge is -2.30. The Bertz CT molecular complexity index is 4210. The van der Waals surface area contributed by atoms with Crippen LogP contribution in [0.5, 0.6) is 0 Å². The minimum absolute atomic E-state index is 0.00107. The van der Waals surface area contributed by atoms with E-state index in [9.17, 15) is 151 Å². The average molecular weight is 1910 g/mol. The summed E-state index contributed by atoms with van der Waals surface area (Å²) in [5, 5.41) is 105. The Kier molecular flexibility index (Phi) is 52.8. The first kappa shape index (κ1) is 118. The molecule has 0 aliphatic carbocycles. The molecule has 0 saturated carbocycles. The van der Waals surface area contributed by atoms with E-state index in [0.717, 1.165) is 25.7 Å². The van der Waals surface area contributed by atoms with Crippen LogP contribution in [0.15, 0.2) is 0 Å². The molecule has 0 radical (unpaired) electrons. The highest BCUT2D eigenvalue weighted by atomic mass is 16.4. The van der Waals surface area contributed by atoms with Gasteiger partial charge in [-0.1, -0.05) is 27.7 Å². The Labute approximate surface area is 766 Å². The van der Waals surface area contributed by atoms with Crippen LogP contribution >= 0.6 is 0 Å². The third-order valence-electron chi connectivity index (χ3n) is 19.7. The molecule has 1 rings (SSSR count). The van der Waals surface area contributed by atoms with Gasteiger partial charge in [0.15, 0.2) is 5.96 Å². The smallest absolute Gasteiger partial charge is 0.326 e. The highest BCUT2D eigenvalue weighted by molar-refractivity contribution is 6.03. The molecule has 0 aromatic carbocycles. The van der Waals surface area contributed by atoms with E-state index in [1.165, 1.54) is 0 Å². The molecule has 0 unspecified atom stereocenters. The van der Waals surface area contributed by atoms with E-state index in [0.29, 0.717) is 0 Å². The van der Waals surface area contributed by atoms with Crippen LogP contribution in [0, 0.1) is 17.2 Å². The summed E-state index contributed by atoms with van der Waals surface area (Å²) < 4.78 is 0. The van der Waals surface area contributed by atoms with Crippen LogP contribution in [0.2, 0.25) is 0 Å². The minimum atomic E-state index is -2.17. The normalized spacial score (nSPS) is 15.7. The molecule has 17 atom stereocenters. The number of aliphatic hydroxyl groups is 2. The van der Waals surface area contributed by atoms with Crippen LogP contribution in [-0.4, -0.2) is 332 Å². The quantitative estimate of drug-likeness (QED) is 0.0153. The maximum atomic E-state index is 14.6. The Morgan fingerprint density at radius 2 is 0.776 bits per heavy atom. The number of nitrogens with zero attached hydrogens (tertiary/aromatic N) is 1. The third-order valence-corrected chi connectivity index (χ3v) is 19.7. The highest BCUT2D eigenvalue weighted by Crippen LogP contribution is 2.22. The predicted molar refractivity (Wildman–Crippen MR) is 460 cm³/mol. The van der Waals surface area contributed by atoms with Gasteiger partial charge < -0.3 is 166 Å². The van der Waals surface area contributed by atoms with Gasteiger partial charge in [0.1, 0.15) is 90.6 Å². The predicted octanol–water partition coefficient (Wildman–Crippen LogP) is -14.6. The molecule has 134 heavy (non-hydrogen) atoms. The first-order valence-electron chi connectivity index (χ1n) is 42.5. The number of carboxylic acid groups (broad SMARTS) is 4. The number of aliphatic carboxylic acids is 4. The summed E-state index contributed by atoms with van der Waals surface area (Å²) in [6, 6.07) is -28.3. The SMILES string of the molecule is CC(C)C[C@H](NC(=O)[C@H](CC(N)=O)NC(=O)[C@@H](N)CC(C)C)C(=O)N[C@@H](CCC(N)=O)C(=O)N[C@@H](CCCCN)C(=O)N[C@@H](CC(=O)O)C(=O)N[C@@H](CCC(=O)O)C(=O)N1CCC[C@H]1C(=O)N[C@@H](CC(N)=O)C(=O)NCC(=O)N[C@@H](CCCNC(=N)N)C(=O)N[C@@H](C)C(=O)N[C@@H](CO)C(=O)N[C@@H](CC(=O)O)C(=O)N[C@H](C(=O)N[C@@H](C)C(=O)NCC(=O)N[C@@H](CCC(N)=O)C(=O)O)[C@@H](C)O. The maximum absolute atomic E-state index is 14.6. The van der Waals surface area contributed by atoms with E-state index >= 15 is 0 Å². The monoisotopic (exact) mass is 1910 g/mol. The van der Waals surface area contributed by atoms with E-state index in [-0.39, 0.29) is 89.3 Å². The van der Waals surface area contributed by atoms with Crippen molar-refractivity contribution in [2.45, 2.75) is 273 Å². The van der Waals surface area contributed by atoms with Crippen LogP contribution in [0.4, 0.5) is 0 Å². The van der Waals surface area contributed by atoms with Crippen LogP contribution < -0.4 is 131 Å². The van der Waals surface area contributed by atoms with Gasteiger partial charge in [-0.15, -0.1) is 0 Å². The largest absolute Gasteiger partial charge is 0.481 e. The number of guanidine groups is 1. The molecule has 1 aliphatic heterocycles. The molecule has 0 aromatic heterocycles. The van der Waals surface area contributed by atoms with Crippen molar-refractivity contribution in [1.82, 2.24) is 95.3 Å². The first-order valence-corrected chi connectivity index (χ1v) is 42.5. The summed E-state index contributed by atoms with van der Waals surface area (Å²) >= 11 is 0. The summed E-state index contributed by atoms with van der Waals surface area (Å²) in [5.41, 5.74) is 38.4. The molecule has 1 aliphatic rings. The minimum Gasteiger partial charge on any atom is -0.481 e. The molecule has 0 aromatic rings. The molecule has 0 spiro atoms. The van der Waals surface area contributed by atoms with Gasteiger partial charge in [0.25, 0.3) is 0 Å². The van der Waals surface area contributed by atoms with Crippen molar-refractivity contribution >= 4 is 154 Å². The number of unbranched alkanes of at least 4 members (excludes halogenated alkanes) is 1. The Balaban J connectivity index is 3.49. The summed E-state index contributed by atoms with van der Waals surface area (Å²) in [6.45, 7) is 6.32. The molecule has 0 bridgehead atoms. The zero-order chi connectivity index (χ0) is 102. The topological polar surface area (TPSA) is 962 Å². The van der Waals surface area contributed by atoms with Gasteiger partial charge in [0.05, 0.1) is 57.5 Å². The fourth-order valence-corrected chi connectivity index (χ4v) is 12.8. The molecule has 1 heterocycles. The lowest BCUT2D eigenvalue weighted by atomic mass is 10.0. The number of carboxylic acids is 4. The second-order valence-electron chi connectivity index (χ2n) is 32.2. The van der Waals surface area contributed by atoms with E-state index in [1.807, 2.05) is 10.6 Å². The van der Waals surface area contributed by atoms with Crippen molar-refractivity contribution in [2.75, 3.05) is 39.3 Å². The summed E-state index contributed by atoms with van der Waals surface area (Å²) in [7, 11) is 0. The summed E-state index contributed by atoms with van der Waals surface area (Å²) in [4.78, 5) is 330. The van der Waals surface area contributed by atoms with Gasteiger partial charge in [-0.2, -0.15) is 0 Å². The van der Waals surface area contributed by atoms with Gasteiger partial charge in [-0.25, -0.2) is 4.79 Å².